The molecule has 0 saturated carbocycles. The fourth-order valence-electron chi connectivity index (χ4n) is 3.31. The average molecular weight is 523 g/mol. The largest absolute Gasteiger partial charge is 0.493 e. The van der Waals surface area contributed by atoms with Gasteiger partial charge in [-0.2, -0.15) is 5.10 Å². The number of hydrogen-bond donors (Lipinski definition) is 1. The maximum absolute atomic E-state index is 12.9. The zero-order valence-electron chi connectivity index (χ0n) is 21.0. The van der Waals surface area contributed by atoms with Crippen LogP contribution in [0.3, 0.4) is 0 Å². The van der Waals surface area contributed by atoms with Crippen molar-refractivity contribution < 1.29 is 38.2 Å². The number of rotatable bonds is 11. The van der Waals surface area contributed by atoms with Gasteiger partial charge in [-0.3, -0.25) is 14.9 Å². The first-order valence-electron chi connectivity index (χ1n) is 11.2. The first-order valence-corrected chi connectivity index (χ1v) is 11.2. The number of carbonyl (C=O) groups excluding carboxylic acids is 2. The quantitative estimate of drug-likeness (QED) is 0.129. The number of nitro benzene ring substituents is 1. The number of benzene rings is 3. The van der Waals surface area contributed by atoms with Crippen LogP contribution in [0.1, 0.15) is 33.2 Å². The van der Waals surface area contributed by atoms with Crippen molar-refractivity contribution in [3.63, 3.8) is 0 Å². The molecule has 38 heavy (non-hydrogen) atoms. The molecule has 0 aliphatic rings. The first kappa shape index (κ1) is 27.5. The molecule has 1 N–H and O–H groups in total. The summed E-state index contributed by atoms with van der Waals surface area (Å²) < 4.78 is 27.0. The topological polar surface area (TPSA) is 148 Å². The molecule has 0 bridgehead atoms. The highest BCUT2D eigenvalue weighted by Crippen LogP contribution is 2.39. The molecule has 0 fully saturated rings. The maximum Gasteiger partial charge on any atom is 0.343 e. The lowest BCUT2D eigenvalue weighted by molar-refractivity contribution is -0.384. The van der Waals surface area contributed by atoms with Crippen LogP contribution in [0.2, 0.25) is 0 Å². The smallest absolute Gasteiger partial charge is 0.343 e. The molecule has 0 atom stereocenters. The maximum atomic E-state index is 12.9. The van der Waals surface area contributed by atoms with Crippen LogP contribution >= 0.6 is 0 Å². The number of nitro groups is 1. The third-order valence-corrected chi connectivity index (χ3v) is 5.07. The number of methoxy groups -OCH3 is 3. The molecule has 0 saturated heterocycles. The summed E-state index contributed by atoms with van der Waals surface area (Å²) in [4.78, 5) is 35.5. The molecular weight excluding hydrogens is 498 g/mol. The Morgan fingerprint density at radius 1 is 0.921 bits per heavy atom. The molecule has 3 rings (SSSR count). The predicted molar refractivity (Wildman–Crippen MR) is 137 cm³/mol. The van der Waals surface area contributed by atoms with Gasteiger partial charge in [-0.25, -0.2) is 10.2 Å². The fraction of sp³-hybridized carbons (Fsp3) is 0.192. The average Bonchev–Trinajstić information content (AvgIpc) is 2.93. The summed E-state index contributed by atoms with van der Waals surface area (Å²) in [7, 11) is 4.33. The van der Waals surface area contributed by atoms with Crippen LogP contribution in [0.5, 0.6) is 28.7 Å². The Bertz CT molecular complexity index is 1350. The molecule has 0 heterocycles. The highest BCUT2D eigenvalue weighted by molar-refractivity contribution is 5.95. The van der Waals surface area contributed by atoms with E-state index in [1.54, 1.807) is 19.1 Å². The van der Waals surface area contributed by atoms with Crippen molar-refractivity contribution in [2.75, 3.05) is 27.9 Å². The number of hydrogen-bond acceptors (Lipinski definition) is 10. The minimum Gasteiger partial charge on any atom is -0.493 e. The van der Waals surface area contributed by atoms with E-state index in [4.69, 9.17) is 23.7 Å². The van der Waals surface area contributed by atoms with E-state index < -0.39 is 16.8 Å². The summed E-state index contributed by atoms with van der Waals surface area (Å²) >= 11 is 0. The Morgan fingerprint density at radius 3 is 2.24 bits per heavy atom. The van der Waals surface area contributed by atoms with Gasteiger partial charge in [-0.1, -0.05) is 6.07 Å². The minimum absolute atomic E-state index is 0.0837. The van der Waals surface area contributed by atoms with Crippen LogP contribution in [-0.4, -0.2) is 51.0 Å². The lowest BCUT2D eigenvalue weighted by Gasteiger charge is -2.15. The lowest BCUT2D eigenvalue weighted by Crippen LogP contribution is -2.17. The number of hydrazone groups is 1. The standard InChI is InChI=1S/C26H25N3O9/c1-5-37-21-11-16(15-27-28-25(30)17-7-6-8-19(12-17)29(32)33)9-10-20(21)38-26(31)18-13-22(34-2)24(36-4)23(14-18)35-3/h6-15H,5H2,1-4H3,(H,28,30). The van der Waals surface area contributed by atoms with Gasteiger partial charge in [-0.15, -0.1) is 0 Å². The van der Waals surface area contributed by atoms with E-state index in [-0.39, 0.29) is 28.3 Å². The Balaban J connectivity index is 1.77. The molecule has 0 unspecified atom stereocenters. The monoisotopic (exact) mass is 523 g/mol. The molecule has 3 aromatic rings. The second-order valence-electron chi connectivity index (χ2n) is 7.45. The molecular formula is C26H25N3O9. The van der Waals surface area contributed by atoms with Crippen molar-refractivity contribution in [2.24, 2.45) is 5.10 Å². The second-order valence-corrected chi connectivity index (χ2v) is 7.45. The van der Waals surface area contributed by atoms with Crippen molar-refractivity contribution in [3.8, 4) is 28.7 Å². The summed E-state index contributed by atoms with van der Waals surface area (Å²) in [5.41, 5.74) is 2.88. The van der Waals surface area contributed by atoms with Gasteiger partial charge in [0.15, 0.2) is 23.0 Å². The molecule has 0 aliphatic carbocycles. The highest BCUT2D eigenvalue weighted by atomic mass is 16.6. The van der Waals surface area contributed by atoms with E-state index in [1.165, 1.54) is 63.9 Å². The Labute approximate surface area is 217 Å². The molecule has 3 aromatic carbocycles. The van der Waals surface area contributed by atoms with E-state index in [2.05, 4.69) is 10.5 Å². The van der Waals surface area contributed by atoms with Crippen LogP contribution in [0.25, 0.3) is 0 Å². The van der Waals surface area contributed by atoms with Crippen LogP contribution in [-0.2, 0) is 0 Å². The summed E-state index contributed by atoms with van der Waals surface area (Å²) in [6.07, 6.45) is 1.35. The molecule has 0 radical (unpaired) electrons. The first-order chi connectivity index (χ1) is 18.3. The third-order valence-electron chi connectivity index (χ3n) is 5.07. The van der Waals surface area contributed by atoms with E-state index in [9.17, 15) is 19.7 Å². The van der Waals surface area contributed by atoms with Crippen LogP contribution in [0.4, 0.5) is 5.69 Å². The van der Waals surface area contributed by atoms with Gasteiger partial charge in [0.05, 0.1) is 44.6 Å². The summed E-state index contributed by atoms with van der Waals surface area (Å²) in [6, 6.07) is 12.9. The van der Waals surface area contributed by atoms with Gasteiger partial charge in [-0.05, 0) is 48.9 Å². The Kier molecular flexibility index (Phi) is 9.19. The molecule has 12 heteroatoms. The van der Waals surface area contributed by atoms with E-state index in [0.29, 0.717) is 29.4 Å². The molecule has 12 nitrogen and oxygen atoms in total. The molecule has 0 aromatic heterocycles. The van der Waals surface area contributed by atoms with Gasteiger partial charge in [0.1, 0.15) is 0 Å². The van der Waals surface area contributed by atoms with Crippen molar-refractivity contribution in [3.05, 3.63) is 81.4 Å². The number of non-ortho nitro benzene ring substituents is 1. The SMILES string of the molecule is CCOc1cc(C=NNC(=O)c2cccc([N+](=O)[O-])c2)ccc1OC(=O)c1cc(OC)c(OC)c(OC)c1. The number of nitrogens with one attached hydrogen (secondary N) is 1. The van der Waals surface area contributed by atoms with E-state index in [1.807, 2.05) is 0 Å². The van der Waals surface area contributed by atoms with E-state index in [0.717, 1.165) is 6.07 Å². The van der Waals surface area contributed by atoms with E-state index >= 15 is 0 Å². The van der Waals surface area contributed by atoms with Gasteiger partial charge >= 0.3 is 5.97 Å². The zero-order valence-corrected chi connectivity index (χ0v) is 21.0. The van der Waals surface area contributed by atoms with Crippen LogP contribution in [0, 0.1) is 10.1 Å². The summed E-state index contributed by atoms with van der Waals surface area (Å²) in [6.45, 7) is 2.06. The van der Waals surface area contributed by atoms with Crippen molar-refractivity contribution >= 4 is 23.8 Å². The van der Waals surface area contributed by atoms with Crippen LogP contribution in [0.15, 0.2) is 59.7 Å². The Morgan fingerprint density at radius 2 is 1.63 bits per heavy atom. The van der Waals surface area contributed by atoms with Crippen molar-refractivity contribution in [1.29, 1.82) is 0 Å². The second kappa shape index (κ2) is 12.7. The van der Waals surface area contributed by atoms with Gasteiger partial charge in [0.2, 0.25) is 5.75 Å². The number of esters is 1. The predicted octanol–water partition coefficient (Wildman–Crippen LogP) is 4.00. The van der Waals surface area contributed by atoms with Crippen molar-refractivity contribution in [2.45, 2.75) is 6.92 Å². The number of nitrogens with zero attached hydrogens (tertiary/aromatic N) is 2. The number of amides is 1. The van der Waals surface area contributed by atoms with Crippen LogP contribution < -0.4 is 29.1 Å². The fourth-order valence-corrected chi connectivity index (χ4v) is 3.31. The summed E-state index contributed by atoms with van der Waals surface area (Å²) in [5, 5.41) is 14.8. The minimum atomic E-state index is -0.684. The number of ether oxygens (including phenoxy) is 5. The summed E-state index contributed by atoms with van der Waals surface area (Å²) in [5.74, 6) is 0.0419. The number of carbonyl (C=O) groups is 2. The molecule has 198 valence electrons. The van der Waals surface area contributed by atoms with Gasteiger partial charge in [0.25, 0.3) is 11.6 Å². The van der Waals surface area contributed by atoms with Gasteiger partial charge < -0.3 is 23.7 Å². The normalized spacial score (nSPS) is 10.5. The van der Waals surface area contributed by atoms with Gasteiger partial charge in [0, 0.05) is 17.7 Å². The molecule has 1 amide bonds. The molecule has 0 aliphatic heterocycles. The van der Waals surface area contributed by atoms with Crippen molar-refractivity contribution in [1.82, 2.24) is 5.43 Å². The Hall–Kier alpha value is -5.13. The third kappa shape index (κ3) is 6.55. The lowest BCUT2D eigenvalue weighted by atomic mass is 10.1. The zero-order chi connectivity index (χ0) is 27.7. The highest BCUT2D eigenvalue weighted by Gasteiger charge is 2.20. The molecule has 0 spiro atoms.